The highest BCUT2D eigenvalue weighted by atomic mass is 16.6. The summed E-state index contributed by atoms with van der Waals surface area (Å²) in [6.07, 6.45) is 1.80. The lowest BCUT2D eigenvalue weighted by Gasteiger charge is -2.06. The lowest BCUT2D eigenvalue weighted by atomic mass is 10.0. The molecule has 142 valence electrons. The smallest absolute Gasteiger partial charge is 0.343 e. The number of methoxy groups -OCH3 is 1. The van der Waals surface area contributed by atoms with Crippen molar-refractivity contribution < 1.29 is 19.1 Å². The molecule has 3 rings (SSSR count). The first-order chi connectivity index (χ1) is 13.7. The maximum absolute atomic E-state index is 12.2. The number of nitrogens with zero attached hydrogens (tertiary/aromatic N) is 1. The molecule has 0 saturated carbocycles. The molecule has 0 aliphatic heterocycles. The van der Waals surface area contributed by atoms with E-state index in [1.54, 1.807) is 30.5 Å². The Hall–Kier alpha value is -3.67. The summed E-state index contributed by atoms with van der Waals surface area (Å²) in [6.45, 7) is -0.145. The molecule has 0 atom stereocenters. The van der Waals surface area contributed by atoms with Gasteiger partial charge in [-0.15, -0.1) is 0 Å². The van der Waals surface area contributed by atoms with Crippen LogP contribution in [-0.2, 0) is 20.7 Å². The fourth-order valence-electron chi connectivity index (χ4n) is 2.69. The number of hydrazone groups is 1. The maximum atomic E-state index is 12.2. The van der Waals surface area contributed by atoms with Crippen molar-refractivity contribution in [1.29, 1.82) is 0 Å². The predicted octanol–water partition coefficient (Wildman–Crippen LogP) is 3.08. The molecule has 6 heteroatoms. The third kappa shape index (κ3) is 5.17. The van der Waals surface area contributed by atoms with Crippen molar-refractivity contribution in [3.8, 4) is 5.75 Å². The largest absolute Gasteiger partial charge is 0.482 e. The molecule has 0 fully saturated rings. The number of fused-ring (bicyclic) bond motifs is 1. The van der Waals surface area contributed by atoms with Crippen LogP contribution in [0.25, 0.3) is 10.8 Å². The van der Waals surface area contributed by atoms with Gasteiger partial charge in [-0.3, -0.25) is 4.79 Å². The van der Waals surface area contributed by atoms with Gasteiger partial charge < -0.3 is 9.47 Å². The molecule has 1 N–H and O–H groups in total. The highest BCUT2D eigenvalue weighted by Gasteiger charge is 2.06. The minimum absolute atomic E-state index is 0.145. The second-order valence-corrected chi connectivity index (χ2v) is 6.04. The van der Waals surface area contributed by atoms with Crippen LogP contribution in [0.5, 0.6) is 5.75 Å². The number of hydrogen-bond donors (Lipinski definition) is 1. The second kappa shape index (κ2) is 9.32. The molecule has 1 amide bonds. The minimum atomic E-state index is -0.445. The molecule has 0 aromatic heterocycles. The lowest BCUT2D eigenvalue weighted by molar-refractivity contribution is -0.142. The average Bonchev–Trinajstić information content (AvgIpc) is 2.73. The van der Waals surface area contributed by atoms with Crippen LogP contribution in [0.4, 0.5) is 0 Å². The molecule has 0 heterocycles. The van der Waals surface area contributed by atoms with Crippen molar-refractivity contribution in [2.45, 2.75) is 6.42 Å². The number of rotatable bonds is 7. The van der Waals surface area contributed by atoms with Crippen LogP contribution >= 0.6 is 0 Å². The topological polar surface area (TPSA) is 77.0 Å². The van der Waals surface area contributed by atoms with Gasteiger partial charge in [-0.05, 0) is 46.2 Å². The molecule has 0 unspecified atom stereocenters. The third-order valence-corrected chi connectivity index (χ3v) is 4.10. The number of carbonyl (C=O) groups is 2. The van der Waals surface area contributed by atoms with E-state index in [2.05, 4.69) is 15.3 Å². The van der Waals surface area contributed by atoms with Gasteiger partial charge in [0.15, 0.2) is 6.61 Å². The molecule has 3 aromatic rings. The first kappa shape index (κ1) is 19.1. The Kier molecular flexibility index (Phi) is 6.36. The quantitative estimate of drug-likeness (QED) is 0.391. The third-order valence-electron chi connectivity index (χ3n) is 4.10. The van der Waals surface area contributed by atoms with Crippen molar-refractivity contribution in [1.82, 2.24) is 5.43 Å². The second-order valence-electron chi connectivity index (χ2n) is 6.04. The summed E-state index contributed by atoms with van der Waals surface area (Å²) in [5, 5.41) is 6.16. The molecule has 0 saturated heterocycles. The maximum Gasteiger partial charge on any atom is 0.343 e. The van der Waals surface area contributed by atoms with E-state index in [4.69, 9.17) is 4.74 Å². The van der Waals surface area contributed by atoms with E-state index in [1.807, 2.05) is 42.5 Å². The summed E-state index contributed by atoms with van der Waals surface area (Å²) in [5.74, 6) is -0.0901. The first-order valence-corrected chi connectivity index (χ1v) is 8.74. The molecule has 0 bridgehead atoms. The van der Waals surface area contributed by atoms with Gasteiger partial charge in [0.1, 0.15) is 5.75 Å². The van der Waals surface area contributed by atoms with Crippen LogP contribution in [0.1, 0.15) is 11.1 Å². The monoisotopic (exact) mass is 376 g/mol. The van der Waals surface area contributed by atoms with Gasteiger partial charge in [-0.1, -0.05) is 42.5 Å². The van der Waals surface area contributed by atoms with Gasteiger partial charge >= 0.3 is 5.97 Å². The number of benzene rings is 3. The van der Waals surface area contributed by atoms with Crippen molar-refractivity contribution in [2.75, 3.05) is 13.7 Å². The SMILES string of the molecule is COC(=O)COc1ccc(/C=N\NC(=O)Cc2cccc3ccccc23)cc1. The van der Waals surface area contributed by atoms with E-state index in [-0.39, 0.29) is 18.9 Å². The van der Waals surface area contributed by atoms with Crippen LogP contribution in [0.3, 0.4) is 0 Å². The number of esters is 1. The molecule has 28 heavy (non-hydrogen) atoms. The number of ether oxygens (including phenoxy) is 2. The lowest BCUT2D eigenvalue weighted by Crippen LogP contribution is -2.19. The Balaban J connectivity index is 1.54. The zero-order valence-corrected chi connectivity index (χ0v) is 15.4. The van der Waals surface area contributed by atoms with Gasteiger partial charge in [0.05, 0.1) is 19.7 Å². The van der Waals surface area contributed by atoms with Crippen LogP contribution in [-0.4, -0.2) is 31.8 Å². The summed E-state index contributed by atoms with van der Waals surface area (Å²) >= 11 is 0. The van der Waals surface area contributed by atoms with Gasteiger partial charge in [0.2, 0.25) is 5.91 Å². The number of hydrogen-bond acceptors (Lipinski definition) is 5. The fourth-order valence-corrected chi connectivity index (χ4v) is 2.69. The standard InChI is InChI=1S/C22H20N2O4/c1-27-22(26)15-28-19-11-9-16(10-12-19)14-23-24-21(25)13-18-7-4-6-17-5-2-3-8-20(17)18/h2-12,14H,13,15H2,1H3,(H,24,25)/b23-14-. The Morgan fingerprint density at radius 2 is 1.75 bits per heavy atom. The molecule has 6 nitrogen and oxygen atoms in total. The van der Waals surface area contributed by atoms with E-state index in [0.29, 0.717) is 5.75 Å². The van der Waals surface area contributed by atoms with Gasteiger partial charge in [0.25, 0.3) is 0 Å². The highest BCUT2D eigenvalue weighted by molar-refractivity contribution is 5.90. The van der Waals surface area contributed by atoms with E-state index in [9.17, 15) is 9.59 Å². The predicted molar refractivity (Wildman–Crippen MR) is 107 cm³/mol. The first-order valence-electron chi connectivity index (χ1n) is 8.74. The van der Waals surface area contributed by atoms with E-state index in [0.717, 1.165) is 21.9 Å². The Morgan fingerprint density at radius 1 is 1.00 bits per heavy atom. The van der Waals surface area contributed by atoms with Crippen LogP contribution < -0.4 is 10.2 Å². The van der Waals surface area contributed by atoms with Crippen LogP contribution in [0.15, 0.2) is 71.8 Å². The Labute approximate surface area is 162 Å². The molecular weight excluding hydrogens is 356 g/mol. The number of amides is 1. The normalized spacial score (nSPS) is 10.8. The Bertz CT molecular complexity index is 992. The van der Waals surface area contributed by atoms with Crippen LogP contribution in [0, 0.1) is 0 Å². The van der Waals surface area contributed by atoms with Gasteiger partial charge in [0, 0.05) is 0 Å². The summed E-state index contributed by atoms with van der Waals surface area (Å²) < 4.78 is 9.78. The van der Waals surface area contributed by atoms with Crippen molar-refractivity contribution >= 4 is 28.9 Å². The van der Waals surface area contributed by atoms with Crippen molar-refractivity contribution in [3.63, 3.8) is 0 Å². The summed E-state index contributed by atoms with van der Waals surface area (Å²) in [4.78, 5) is 23.2. The molecule has 0 aliphatic rings. The zero-order chi connectivity index (χ0) is 19.8. The van der Waals surface area contributed by atoms with Crippen molar-refractivity contribution in [3.05, 3.63) is 77.9 Å². The van der Waals surface area contributed by atoms with E-state index in [1.165, 1.54) is 7.11 Å². The molecular formula is C22H20N2O4. The summed E-state index contributed by atoms with van der Waals surface area (Å²) in [6, 6.07) is 20.8. The van der Waals surface area contributed by atoms with E-state index >= 15 is 0 Å². The summed E-state index contributed by atoms with van der Waals surface area (Å²) in [7, 11) is 1.31. The van der Waals surface area contributed by atoms with Gasteiger partial charge in [-0.25, -0.2) is 10.2 Å². The Morgan fingerprint density at radius 3 is 2.54 bits per heavy atom. The van der Waals surface area contributed by atoms with E-state index < -0.39 is 5.97 Å². The van der Waals surface area contributed by atoms with Gasteiger partial charge in [-0.2, -0.15) is 5.10 Å². The zero-order valence-electron chi connectivity index (χ0n) is 15.4. The highest BCUT2D eigenvalue weighted by Crippen LogP contribution is 2.18. The summed E-state index contributed by atoms with van der Waals surface area (Å²) in [5.41, 5.74) is 4.29. The number of nitrogens with one attached hydrogen (secondary N) is 1. The fraction of sp³-hybridized carbons (Fsp3) is 0.136. The molecule has 0 aliphatic carbocycles. The molecule has 0 radical (unpaired) electrons. The van der Waals surface area contributed by atoms with Crippen molar-refractivity contribution in [2.24, 2.45) is 5.10 Å². The van der Waals surface area contributed by atoms with Crippen LogP contribution in [0.2, 0.25) is 0 Å². The molecule has 0 spiro atoms. The molecule has 3 aromatic carbocycles. The average molecular weight is 376 g/mol. The minimum Gasteiger partial charge on any atom is -0.482 e. The number of carbonyl (C=O) groups excluding carboxylic acids is 2.